The number of halogens is 3. The number of likely N-dealkylation sites (N-methyl/N-ethyl adjacent to an activating group) is 1. The van der Waals surface area contributed by atoms with Crippen LogP contribution in [0.4, 0.5) is 24.5 Å². The van der Waals surface area contributed by atoms with E-state index in [0.29, 0.717) is 11.3 Å². The largest absolute Gasteiger partial charge is 0.416 e. The second-order valence-corrected chi connectivity index (χ2v) is 7.91. The Kier molecular flexibility index (Phi) is 5.57. The lowest BCUT2D eigenvalue weighted by Gasteiger charge is -2.21. The number of imide groups is 1. The van der Waals surface area contributed by atoms with Crippen molar-refractivity contribution in [2.75, 3.05) is 16.8 Å². The first-order valence-corrected chi connectivity index (χ1v) is 10.3. The highest BCUT2D eigenvalue weighted by molar-refractivity contribution is 6.46. The fourth-order valence-corrected chi connectivity index (χ4v) is 3.80. The summed E-state index contributed by atoms with van der Waals surface area (Å²) in [5, 5.41) is 0. The highest BCUT2D eigenvalue weighted by atomic mass is 19.4. The van der Waals surface area contributed by atoms with Gasteiger partial charge in [-0.25, -0.2) is 4.90 Å². The van der Waals surface area contributed by atoms with Crippen LogP contribution in [-0.4, -0.2) is 18.9 Å². The molecule has 0 bridgehead atoms. The predicted molar refractivity (Wildman–Crippen MR) is 122 cm³/mol. The lowest BCUT2D eigenvalue weighted by molar-refractivity contribution is -0.137. The van der Waals surface area contributed by atoms with Crippen molar-refractivity contribution in [1.29, 1.82) is 0 Å². The van der Waals surface area contributed by atoms with Crippen molar-refractivity contribution in [2.45, 2.75) is 20.0 Å². The van der Waals surface area contributed by atoms with Crippen LogP contribution in [0.15, 0.2) is 78.5 Å². The molecule has 1 heterocycles. The Bertz CT molecular complexity index is 1260. The summed E-state index contributed by atoms with van der Waals surface area (Å²) in [6, 6.07) is 18.6. The normalized spacial score (nSPS) is 14.3. The summed E-state index contributed by atoms with van der Waals surface area (Å²) >= 11 is 0. The standard InChI is InChI=1S/C26H21F3N2O2/c1-16-9-10-18(15-17(16)2)22-23(30(3)20-7-5-4-6-8-20)25(33)31(24(22)32)21-13-11-19(12-14-21)26(27,28)29/h4-15H,1-3H3. The minimum atomic E-state index is -4.51. The van der Waals surface area contributed by atoms with Crippen LogP contribution < -0.4 is 9.80 Å². The number of rotatable bonds is 4. The third kappa shape index (κ3) is 4.02. The maximum atomic E-state index is 13.5. The fraction of sp³-hybridized carbons (Fsp3) is 0.154. The van der Waals surface area contributed by atoms with Crippen molar-refractivity contribution in [3.63, 3.8) is 0 Å². The summed E-state index contributed by atoms with van der Waals surface area (Å²) in [5.41, 5.74) is 2.85. The molecule has 0 aliphatic carbocycles. The minimum absolute atomic E-state index is 0.0794. The van der Waals surface area contributed by atoms with Crippen molar-refractivity contribution in [3.8, 4) is 0 Å². The van der Waals surface area contributed by atoms with Crippen LogP contribution in [-0.2, 0) is 15.8 Å². The number of alkyl halides is 3. The number of carbonyl (C=O) groups is 2. The molecule has 0 N–H and O–H groups in total. The number of benzene rings is 3. The van der Waals surface area contributed by atoms with Gasteiger partial charge in [0.2, 0.25) is 0 Å². The van der Waals surface area contributed by atoms with Gasteiger partial charge < -0.3 is 4.90 Å². The maximum Gasteiger partial charge on any atom is 0.416 e. The van der Waals surface area contributed by atoms with E-state index >= 15 is 0 Å². The molecule has 168 valence electrons. The molecule has 2 amide bonds. The Morgan fingerprint density at radius 1 is 0.788 bits per heavy atom. The van der Waals surface area contributed by atoms with Crippen molar-refractivity contribution < 1.29 is 22.8 Å². The number of aryl methyl sites for hydroxylation is 2. The number of hydrogen-bond acceptors (Lipinski definition) is 3. The molecule has 3 aromatic rings. The van der Waals surface area contributed by atoms with Crippen molar-refractivity contribution in [2.24, 2.45) is 0 Å². The highest BCUT2D eigenvalue weighted by Gasteiger charge is 2.42. The average Bonchev–Trinajstić information content (AvgIpc) is 3.05. The number of anilines is 2. The van der Waals surface area contributed by atoms with Crippen LogP contribution in [0, 0.1) is 13.8 Å². The van der Waals surface area contributed by atoms with Gasteiger partial charge >= 0.3 is 6.18 Å². The van der Waals surface area contributed by atoms with Gasteiger partial charge in [-0.2, -0.15) is 13.2 Å². The third-order valence-electron chi connectivity index (χ3n) is 5.79. The number of carbonyl (C=O) groups excluding carboxylic acids is 2. The van der Waals surface area contributed by atoms with Gasteiger partial charge in [0.05, 0.1) is 16.8 Å². The van der Waals surface area contributed by atoms with E-state index < -0.39 is 23.6 Å². The first-order valence-electron chi connectivity index (χ1n) is 10.3. The molecule has 0 atom stereocenters. The molecule has 1 aliphatic rings. The summed E-state index contributed by atoms with van der Waals surface area (Å²) in [5.74, 6) is -1.18. The van der Waals surface area contributed by atoms with E-state index in [9.17, 15) is 22.8 Å². The van der Waals surface area contributed by atoms with Crippen molar-refractivity contribution >= 4 is 28.8 Å². The smallest absolute Gasteiger partial charge is 0.339 e. The van der Waals surface area contributed by atoms with Gasteiger partial charge in [-0.05, 0) is 66.9 Å². The van der Waals surface area contributed by atoms with Crippen molar-refractivity contribution in [1.82, 2.24) is 0 Å². The summed E-state index contributed by atoms with van der Waals surface area (Å²) < 4.78 is 39.0. The first-order chi connectivity index (χ1) is 15.6. The third-order valence-corrected chi connectivity index (χ3v) is 5.79. The zero-order chi connectivity index (χ0) is 23.9. The van der Waals surface area contributed by atoms with Crippen LogP contribution in [0.5, 0.6) is 0 Å². The van der Waals surface area contributed by atoms with Crippen molar-refractivity contribution in [3.05, 3.63) is 101 Å². The monoisotopic (exact) mass is 450 g/mol. The molecule has 4 nitrogen and oxygen atoms in total. The zero-order valence-corrected chi connectivity index (χ0v) is 18.3. The molecular weight excluding hydrogens is 429 g/mol. The van der Waals surface area contributed by atoms with Gasteiger partial charge in [-0.3, -0.25) is 9.59 Å². The van der Waals surface area contributed by atoms with Gasteiger partial charge in [0.15, 0.2) is 0 Å². The van der Waals surface area contributed by atoms with E-state index in [4.69, 9.17) is 0 Å². The maximum absolute atomic E-state index is 13.5. The molecule has 0 saturated carbocycles. The van der Waals surface area contributed by atoms with Gasteiger partial charge in [-0.1, -0.05) is 36.4 Å². The molecule has 3 aromatic carbocycles. The van der Waals surface area contributed by atoms with Crippen LogP contribution in [0.25, 0.3) is 5.57 Å². The Hall–Kier alpha value is -3.87. The molecule has 0 saturated heterocycles. The van der Waals surface area contributed by atoms with Crippen LogP contribution >= 0.6 is 0 Å². The van der Waals surface area contributed by atoms with Gasteiger partial charge in [0.25, 0.3) is 11.8 Å². The van der Waals surface area contributed by atoms with E-state index in [-0.39, 0.29) is 17.0 Å². The Labute approximate surface area is 189 Å². The first kappa shape index (κ1) is 22.3. The molecule has 0 aromatic heterocycles. The summed E-state index contributed by atoms with van der Waals surface area (Å²) in [7, 11) is 1.69. The Morgan fingerprint density at radius 3 is 2.00 bits per heavy atom. The molecular formula is C26H21F3N2O2. The molecule has 0 fully saturated rings. The van der Waals surface area contributed by atoms with E-state index in [1.54, 1.807) is 18.0 Å². The summed E-state index contributed by atoms with van der Waals surface area (Å²) in [6.45, 7) is 3.86. The molecule has 4 rings (SSSR count). The molecule has 1 aliphatic heterocycles. The second-order valence-electron chi connectivity index (χ2n) is 7.91. The van der Waals surface area contributed by atoms with E-state index in [1.807, 2.05) is 56.3 Å². The molecule has 0 spiro atoms. The highest BCUT2D eigenvalue weighted by Crippen LogP contribution is 2.37. The molecule has 0 radical (unpaired) electrons. The number of hydrogen-bond donors (Lipinski definition) is 0. The van der Waals surface area contributed by atoms with E-state index in [2.05, 4.69) is 0 Å². The number of amides is 2. The second kappa shape index (κ2) is 8.24. The van der Waals surface area contributed by atoms with Gasteiger partial charge in [0.1, 0.15) is 5.70 Å². The predicted octanol–water partition coefficient (Wildman–Crippen LogP) is 5.74. The average molecular weight is 450 g/mol. The fourth-order valence-electron chi connectivity index (χ4n) is 3.80. The Morgan fingerprint density at radius 2 is 1.42 bits per heavy atom. The van der Waals surface area contributed by atoms with Gasteiger partial charge in [-0.15, -0.1) is 0 Å². The summed E-state index contributed by atoms with van der Waals surface area (Å²) in [4.78, 5) is 29.6. The molecule has 7 heteroatoms. The molecule has 33 heavy (non-hydrogen) atoms. The van der Waals surface area contributed by atoms with Crippen LogP contribution in [0.3, 0.4) is 0 Å². The van der Waals surface area contributed by atoms with Crippen LogP contribution in [0.2, 0.25) is 0 Å². The SMILES string of the molecule is Cc1ccc(C2=C(N(C)c3ccccc3)C(=O)N(c3ccc(C(F)(F)F)cc3)C2=O)cc1C. The van der Waals surface area contributed by atoms with Crippen LogP contribution in [0.1, 0.15) is 22.3 Å². The topological polar surface area (TPSA) is 40.6 Å². The lowest BCUT2D eigenvalue weighted by Crippen LogP contribution is -2.34. The van der Waals surface area contributed by atoms with E-state index in [0.717, 1.165) is 40.3 Å². The Balaban J connectivity index is 1.85. The lowest BCUT2D eigenvalue weighted by atomic mass is 9.99. The minimum Gasteiger partial charge on any atom is -0.339 e. The van der Waals surface area contributed by atoms with E-state index in [1.165, 1.54) is 0 Å². The zero-order valence-electron chi connectivity index (χ0n) is 18.3. The molecule has 0 unspecified atom stereocenters. The quantitative estimate of drug-likeness (QED) is 0.476. The van der Waals surface area contributed by atoms with Gasteiger partial charge in [0, 0.05) is 12.7 Å². The number of nitrogens with zero attached hydrogens (tertiary/aromatic N) is 2. The number of para-hydroxylation sites is 1. The summed E-state index contributed by atoms with van der Waals surface area (Å²) in [6.07, 6.45) is -4.51.